The van der Waals surface area contributed by atoms with E-state index in [0.29, 0.717) is 19.4 Å². The first-order valence-corrected chi connectivity index (χ1v) is 4.20. The summed E-state index contributed by atoms with van der Waals surface area (Å²) in [5.41, 5.74) is -0.785. The molecule has 0 aromatic carbocycles. The maximum atomic E-state index is 10.8. The molecule has 0 aromatic rings. The van der Waals surface area contributed by atoms with Crippen LogP contribution in [-0.2, 0) is 14.3 Å². The van der Waals surface area contributed by atoms with Crippen molar-refractivity contribution in [2.45, 2.75) is 19.8 Å². The van der Waals surface area contributed by atoms with Gasteiger partial charge in [0.1, 0.15) is 0 Å². The standard InChI is InChI=1S/C9H12O4/c1-2-13-7(10)3-4-9(5-6-9)8(11)12/h3-4H,2,5-6H2,1H3,(H,11,12)/b4-3-. The molecule has 4 nitrogen and oxygen atoms in total. The minimum Gasteiger partial charge on any atom is -0.481 e. The van der Waals surface area contributed by atoms with Gasteiger partial charge >= 0.3 is 11.9 Å². The number of carbonyl (C=O) groups is 2. The Hall–Kier alpha value is -1.32. The van der Waals surface area contributed by atoms with Crippen LogP contribution in [0.15, 0.2) is 12.2 Å². The van der Waals surface area contributed by atoms with Gasteiger partial charge in [-0.3, -0.25) is 4.79 Å². The van der Waals surface area contributed by atoms with Gasteiger partial charge in [0.25, 0.3) is 0 Å². The quantitative estimate of drug-likeness (QED) is 0.522. The van der Waals surface area contributed by atoms with Crippen LogP contribution in [0.2, 0.25) is 0 Å². The van der Waals surface area contributed by atoms with E-state index >= 15 is 0 Å². The molecular weight excluding hydrogens is 172 g/mol. The van der Waals surface area contributed by atoms with Gasteiger partial charge in [-0.25, -0.2) is 4.79 Å². The summed E-state index contributed by atoms with van der Waals surface area (Å²) in [5, 5.41) is 8.74. The molecule has 4 heteroatoms. The van der Waals surface area contributed by atoms with Crippen LogP contribution >= 0.6 is 0 Å². The number of esters is 1. The van der Waals surface area contributed by atoms with Gasteiger partial charge in [-0.15, -0.1) is 0 Å². The van der Waals surface area contributed by atoms with Crippen LogP contribution in [-0.4, -0.2) is 23.7 Å². The van der Waals surface area contributed by atoms with Gasteiger partial charge in [0.15, 0.2) is 0 Å². The van der Waals surface area contributed by atoms with Gasteiger partial charge in [-0.1, -0.05) is 6.08 Å². The van der Waals surface area contributed by atoms with Crippen molar-refractivity contribution in [2.75, 3.05) is 6.61 Å². The molecule has 1 aliphatic rings. The lowest BCUT2D eigenvalue weighted by molar-refractivity contribution is -0.141. The molecule has 13 heavy (non-hydrogen) atoms. The highest BCUT2D eigenvalue weighted by Gasteiger charge is 2.47. The summed E-state index contributed by atoms with van der Waals surface area (Å²) in [7, 11) is 0. The molecule has 1 saturated carbocycles. The van der Waals surface area contributed by atoms with Crippen LogP contribution < -0.4 is 0 Å². The van der Waals surface area contributed by atoms with Gasteiger partial charge in [0.05, 0.1) is 12.0 Å². The number of rotatable bonds is 4. The first-order valence-electron chi connectivity index (χ1n) is 4.20. The minimum atomic E-state index is -0.868. The molecule has 0 saturated heterocycles. The highest BCUT2D eigenvalue weighted by molar-refractivity contribution is 5.86. The Kier molecular flexibility index (Phi) is 2.70. The molecule has 0 unspecified atom stereocenters. The molecule has 1 fully saturated rings. The SMILES string of the molecule is CCOC(=O)/C=C\C1(C(=O)O)CC1. The van der Waals surface area contributed by atoms with Gasteiger partial charge in [0.2, 0.25) is 0 Å². The Morgan fingerprint density at radius 3 is 2.54 bits per heavy atom. The molecule has 0 heterocycles. The van der Waals surface area contributed by atoms with Gasteiger partial charge in [-0.05, 0) is 19.8 Å². The van der Waals surface area contributed by atoms with Crippen molar-refractivity contribution >= 4 is 11.9 Å². The molecule has 0 spiro atoms. The number of hydrogen-bond acceptors (Lipinski definition) is 3. The lowest BCUT2D eigenvalue weighted by atomic mass is 10.1. The number of hydrogen-bond donors (Lipinski definition) is 1. The Morgan fingerprint density at radius 2 is 2.15 bits per heavy atom. The molecule has 1 rings (SSSR count). The zero-order valence-electron chi connectivity index (χ0n) is 7.45. The molecule has 72 valence electrons. The van der Waals surface area contributed by atoms with E-state index in [1.165, 1.54) is 12.2 Å². The number of aliphatic carboxylic acids is 1. The molecule has 1 N–H and O–H groups in total. The largest absolute Gasteiger partial charge is 0.481 e. The summed E-state index contributed by atoms with van der Waals surface area (Å²) < 4.78 is 4.63. The Balaban J connectivity index is 2.48. The van der Waals surface area contributed by atoms with Crippen molar-refractivity contribution in [2.24, 2.45) is 5.41 Å². The Bertz CT molecular complexity index is 250. The lowest BCUT2D eigenvalue weighted by Crippen LogP contribution is -2.12. The van der Waals surface area contributed by atoms with E-state index in [0.717, 1.165) is 0 Å². The maximum Gasteiger partial charge on any atom is 0.330 e. The van der Waals surface area contributed by atoms with Crippen molar-refractivity contribution in [1.82, 2.24) is 0 Å². The van der Waals surface area contributed by atoms with Crippen LogP contribution in [0.5, 0.6) is 0 Å². The second kappa shape index (κ2) is 3.60. The fraction of sp³-hybridized carbons (Fsp3) is 0.556. The van der Waals surface area contributed by atoms with E-state index < -0.39 is 17.4 Å². The fourth-order valence-electron chi connectivity index (χ4n) is 1.00. The summed E-state index contributed by atoms with van der Waals surface area (Å²) >= 11 is 0. The molecule has 0 radical (unpaired) electrons. The summed E-state index contributed by atoms with van der Waals surface area (Å²) in [6.45, 7) is 2.01. The molecule has 0 amide bonds. The molecular formula is C9H12O4. The lowest BCUT2D eigenvalue weighted by Gasteiger charge is -2.01. The minimum absolute atomic E-state index is 0.309. The topological polar surface area (TPSA) is 63.6 Å². The Morgan fingerprint density at radius 1 is 1.54 bits per heavy atom. The number of carboxylic acid groups (broad SMARTS) is 1. The van der Waals surface area contributed by atoms with Crippen LogP contribution in [0.25, 0.3) is 0 Å². The molecule has 0 aromatic heterocycles. The summed E-state index contributed by atoms with van der Waals surface area (Å²) in [6, 6.07) is 0. The van der Waals surface area contributed by atoms with E-state index in [-0.39, 0.29) is 0 Å². The second-order valence-electron chi connectivity index (χ2n) is 3.05. The number of carboxylic acids is 1. The van der Waals surface area contributed by atoms with Crippen LogP contribution in [0.3, 0.4) is 0 Å². The van der Waals surface area contributed by atoms with Crippen molar-refractivity contribution in [3.63, 3.8) is 0 Å². The normalized spacial score (nSPS) is 18.5. The molecule has 0 atom stereocenters. The first kappa shape index (κ1) is 9.77. The van der Waals surface area contributed by atoms with Crippen molar-refractivity contribution in [1.29, 1.82) is 0 Å². The van der Waals surface area contributed by atoms with Crippen LogP contribution in [0, 0.1) is 5.41 Å². The van der Waals surface area contributed by atoms with E-state index in [1.54, 1.807) is 6.92 Å². The average molecular weight is 184 g/mol. The van der Waals surface area contributed by atoms with Crippen LogP contribution in [0.1, 0.15) is 19.8 Å². The van der Waals surface area contributed by atoms with Crippen molar-refractivity contribution < 1.29 is 19.4 Å². The Labute approximate surface area is 76.2 Å². The van der Waals surface area contributed by atoms with E-state index in [9.17, 15) is 9.59 Å². The smallest absolute Gasteiger partial charge is 0.330 e. The van der Waals surface area contributed by atoms with E-state index in [2.05, 4.69) is 4.74 Å². The zero-order chi connectivity index (χ0) is 9.90. The molecule has 1 aliphatic carbocycles. The van der Waals surface area contributed by atoms with Crippen molar-refractivity contribution in [3.05, 3.63) is 12.2 Å². The summed E-state index contributed by atoms with van der Waals surface area (Å²) in [6.07, 6.45) is 3.84. The van der Waals surface area contributed by atoms with E-state index in [1.807, 2.05) is 0 Å². The third-order valence-electron chi connectivity index (χ3n) is 2.04. The predicted octanol–water partition coefficient (Wildman–Crippen LogP) is 0.970. The zero-order valence-corrected chi connectivity index (χ0v) is 7.45. The third kappa shape index (κ3) is 2.31. The number of carbonyl (C=O) groups excluding carboxylic acids is 1. The summed E-state index contributed by atoms with van der Waals surface area (Å²) in [5.74, 6) is -1.34. The highest BCUT2D eigenvalue weighted by Crippen LogP contribution is 2.47. The van der Waals surface area contributed by atoms with Gasteiger partial charge in [0, 0.05) is 6.08 Å². The van der Waals surface area contributed by atoms with E-state index in [4.69, 9.17) is 5.11 Å². The second-order valence-corrected chi connectivity index (χ2v) is 3.05. The van der Waals surface area contributed by atoms with Gasteiger partial charge < -0.3 is 9.84 Å². The number of ether oxygens (including phenoxy) is 1. The average Bonchev–Trinajstić information content (AvgIpc) is 2.82. The van der Waals surface area contributed by atoms with Crippen LogP contribution in [0.4, 0.5) is 0 Å². The maximum absolute atomic E-state index is 10.8. The highest BCUT2D eigenvalue weighted by atomic mass is 16.5. The summed E-state index contributed by atoms with van der Waals surface area (Å²) in [4.78, 5) is 21.5. The monoisotopic (exact) mass is 184 g/mol. The third-order valence-corrected chi connectivity index (χ3v) is 2.04. The predicted molar refractivity (Wildman–Crippen MR) is 45.1 cm³/mol. The van der Waals surface area contributed by atoms with Gasteiger partial charge in [-0.2, -0.15) is 0 Å². The first-order chi connectivity index (χ1) is 6.10. The fourth-order valence-corrected chi connectivity index (χ4v) is 1.00. The van der Waals surface area contributed by atoms with Crippen molar-refractivity contribution in [3.8, 4) is 0 Å². The molecule has 0 aliphatic heterocycles. The molecule has 0 bridgehead atoms.